The molecule has 1 N–H and O–H groups in total. The standard InChI is InChI=1S/C34H49N3O4S2/c1-4-5-6-7-8-9-10-11-12-13-14-15-16-17-21-31-33(38)36-34(42-31)37-35-26-29-19-18-20-30(25-29)41-43(39,40)32-24-27(2)22-23-28(32)3/h18-20,22-26,31H,4-17,21H2,1-3H3,(H,36,37,38)/b35-26+. The molecule has 2 aromatic carbocycles. The van der Waals surface area contributed by atoms with Crippen molar-refractivity contribution < 1.29 is 17.4 Å². The summed E-state index contributed by atoms with van der Waals surface area (Å²) in [4.78, 5) is 12.5. The van der Waals surface area contributed by atoms with Crippen molar-refractivity contribution in [2.45, 2.75) is 127 Å². The fourth-order valence-corrected chi connectivity index (χ4v) is 7.32. The highest BCUT2D eigenvalue weighted by molar-refractivity contribution is 8.15. The zero-order valence-electron chi connectivity index (χ0n) is 26.1. The van der Waals surface area contributed by atoms with Crippen molar-refractivity contribution in [1.29, 1.82) is 0 Å². The van der Waals surface area contributed by atoms with E-state index in [1.807, 2.05) is 13.0 Å². The SMILES string of the molecule is CCCCCCCCCCCCCCCCC1S/C(=N/N=C/c2cccc(OS(=O)(=O)c3cc(C)ccc3C)c2)NC1=O. The highest BCUT2D eigenvalue weighted by atomic mass is 32.2. The highest BCUT2D eigenvalue weighted by Gasteiger charge is 2.29. The van der Waals surface area contributed by atoms with Crippen molar-refractivity contribution in [3.63, 3.8) is 0 Å². The fourth-order valence-electron chi connectivity index (χ4n) is 5.11. The first-order valence-corrected chi connectivity index (χ1v) is 18.3. The molecule has 1 unspecified atom stereocenters. The highest BCUT2D eigenvalue weighted by Crippen LogP contribution is 2.26. The Morgan fingerprint density at radius 3 is 2.14 bits per heavy atom. The molecule has 9 heteroatoms. The Morgan fingerprint density at radius 1 is 0.860 bits per heavy atom. The smallest absolute Gasteiger partial charge is 0.339 e. The summed E-state index contributed by atoms with van der Waals surface area (Å²) >= 11 is 1.42. The van der Waals surface area contributed by atoms with E-state index >= 15 is 0 Å². The predicted octanol–water partition coefficient (Wildman–Crippen LogP) is 8.86. The molecule has 0 aliphatic carbocycles. The van der Waals surface area contributed by atoms with Crippen LogP contribution < -0.4 is 9.50 Å². The Balaban J connectivity index is 1.33. The molecular formula is C34H49N3O4S2. The number of hydrogen-bond acceptors (Lipinski definition) is 7. The van der Waals surface area contributed by atoms with Gasteiger partial charge in [0.15, 0.2) is 5.17 Å². The van der Waals surface area contributed by atoms with E-state index in [4.69, 9.17) is 4.18 Å². The van der Waals surface area contributed by atoms with Gasteiger partial charge >= 0.3 is 10.1 Å². The molecule has 1 heterocycles. The molecule has 7 nitrogen and oxygen atoms in total. The third kappa shape index (κ3) is 12.9. The van der Waals surface area contributed by atoms with Crippen LogP contribution in [0.5, 0.6) is 5.75 Å². The molecule has 0 radical (unpaired) electrons. The number of carbonyl (C=O) groups is 1. The van der Waals surface area contributed by atoms with E-state index in [1.165, 1.54) is 95.0 Å². The van der Waals surface area contributed by atoms with Crippen molar-refractivity contribution in [3.05, 3.63) is 59.2 Å². The lowest BCUT2D eigenvalue weighted by molar-refractivity contribution is -0.118. The van der Waals surface area contributed by atoms with Crippen LogP contribution in [0.25, 0.3) is 0 Å². The van der Waals surface area contributed by atoms with Gasteiger partial charge in [-0.05, 0) is 55.2 Å². The summed E-state index contributed by atoms with van der Waals surface area (Å²) in [6, 6.07) is 11.9. The minimum Gasteiger partial charge on any atom is -0.379 e. The molecule has 0 aromatic heterocycles. The van der Waals surface area contributed by atoms with Crippen LogP contribution in [-0.4, -0.2) is 31.0 Å². The summed E-state index contributed by atoms with van der Waals surface area (Å²) < 4.78 is 31.1. The predicted molar refractivity (Wildman–Crippen MR) is 180 cm³/mol. The normalized spacial score (nSPS) is 16.3. The van der Waals surface area contributed by atoms with Crippen molar-refractivity contribution in [1.82, 2.24) is 5.32 Å². The minimum atomic E-state index is -3.97. The molecule has 43 heavy (non-hydrogen) atoms. The largest absolute Gasteiger partial charge is 0.379 e. The summed E-state index contributed by atoms with van der Waals surface area (Å²) in [5.74, 6) is 0.176. The maximum atomic E-state index is 12.8. The Hall–Kier alpha value is -2.65. The van der Waals surface area contributed by atoms with Crippen LogP contribution in [0.3, 0.4) is 0 Å². The summed E-state index contributed by atoms with van der Waals surface area (Å²) in [6.45, 7) is 5.84. The van der Waals surface area contributed by atoms with Gasteiger partial charge in [0, 0.05) is 0 Å². The number of rotatable bonds is 20. The summed E-state index contributed by atoms with van der Waals surface area (Å²) in [6.07, 6.45) is 20.8. The molecule has 1 atom stereocenters. The second kappa shape index (κ2) is 18.9. The first-order valence-electron chi connectivity index (χ1n) is 16.0. The van der Waals surface area contributed by atoms with Gasteiger partial charge in [-0.1, -0.05) is 133 Å². The van der Waals surface area contributed by atoms with Gasteiger partial charge in [-0.2, -0.15) is 13.5 Å². The van der Waals surface area contributed by atoms with Crippen molar-refractivity contribution in [2.24, 2.45) is 10.2 Å². The van der Waals surface area contributed by atoms with E-state index < -0.39 is 10.1 Å². The molecule has 0 saturated carbocycles. The molecule has 1 saturated heterocycles. The lowest BCUT2D eigenvalue weighted by atomic mass is 10.0. The number of thioether (sulfide) groups is 1. The van der Waals surface area contributed by atoms with Gasteiger partial charge in [0.25, 0.3) is 0 Å². The number of benzene rings is 2. The summed E-state index contributed by atoms with van der Waals surface area (Å²) in [5.41, 5.74) is 2.09. The van der Waals surface area contributed by atoms with Crippen LogP contribution in [0, 0.1) is 13.8 Å². The maximum absolute atomic E-state index is 12.8. The van der Waals surface area contributed by atoms with Crippen LogP contribution in [0.1, 0.15) is 120 Å². The molecule has 1 aliphatic rings. The third-order valence-corrected chi connectivity index (χ3v) is 10.2. The van der Waals surface area contributed by atoms with Crippen molar-refractivity contribution in [3.8, 4) is 5.75 Å². The summed E-state index contributed by atoms with van der Waals surface area (Å²) in [7, 11) is -3.97. The van der Waals surface area contributed by atoms with E-state index in [2.05, 4.69) is 22.4 Å². The number of carbonyl (C=O) groups excluding carboxylic acids is 1. The Bertz CT molecular complexity index is 1320. The van der Waals surface area contributed by atoms with Gasteiger partial charge in [-0.3, -0.25) is 4.79 Å². The average Bonchev–Trinajstić information content (AvgIpc) is 3.33. The van der Waals surface area contributed by atoms with Gasteiger partial charge in [-0.25, -0.2) is 0 Å². The number of aryl methyl sites for hydroxylation is 2. The van der Waals surface area contributed by atoms with E-state index in [9.17, 15) is 13.2 Å². The molecule has 236 valence electrons. The molecule has 1 aliphatic heterocycles. The van der Waals surface area contributed by atoms with Crippen molar-refractivity contribution in [2.75, 3.05) is 0 Å². The van der Waals surface area contributed by atoms with Gasteiger partial charge in [0.1, 0.15) is 10.6 Å². The van der Waals surface area contributed by atoms with E-state index in [-0.39, 0.29) is 21.8 Å². The van der Waals surface area contributed by atoms with Gasteiger partial charge in [-0.15, -0.1) is 5.10 Å². The monoisotopic (exact) mass is 627 g/mol. The second-order valence-electron chi connectivity index (χ2n) is 11.5. The van der Waals surface area contributed by atoms with Crippen LogP contribution in [0.2, 0.25) is 0 Å². The Labute approximate surface area is 263 Å². The topological polar surface area (TPSA) is 97.2 Å². The number of nitrogens with one attached hydrogen (secondary N) is 1. The van der Waals surface area contributed by atoms with Crippen LogP contribution in [-0.2, 0) is 14.9 Å². The van der Waals surface area contributed by atoms with Crippen LogP contribution in [0.15, 0.2) is 57.6 Å². The quantitative estimate of drug-likeness (QED) is 0.0684. The first kappa shape index (κ1) is 34.8. The lowest BCUT2D eigenvalue weighted by Crippen LogP contribution is -2.24. The Morgan fingerprint density at radius 2 is 1.49 bits per heavy atom. The van der Waals surface area contributed by atoms with Crippen molar-refractivity contribution >= 4 is 39.2 Å². The molecule has 1 fully saturated rings. The first-order chi connectivity index (χ1) is 20.8. The minimum absolute atomic E-state index is 0.0132. The molecule has 2 aromatic rings. The number of nitrogens with zero attached hydrogens (tertiary/aromatic N) is 2. The number of amidine groups is 1. The van der Waals surface area contributed by atoms with E-state index in [1.54, 1.807) is 43.3 Å². The number of amides is 1. The van der Waals surface area contributed by atoms with E-state index in [0.717, 1.165) is 24.8 Å². The fraction of sp³-hybridized carbons (Fsp3) is 0.559. The second-order valence-corrected chi connectivity index (χ2v) is 14.2. The molecule has 3 rings (SSSR count). The maximum Gasteiger partial charge on any atom is 0.339 e. The number of unbranched alkanes of at least 4 members (excludes halogenated alkanes) is 13. The van der Waals surface area contributed by atoms with Gasteiger partial charge < -0.3 is 9.50 Å². The lowest BCUT2D eigenvalue weighted by Gasteiger charge is -2.10. The zero-order valence-corrected chi connectivity index (χ0v) is 27.8. The molecule has 1 amide bonds. The van der Waals surface area contributed by atoms with Crippen LogP contribution >= 0.6 is 11.8 Å². The molecule has 0 spiro atoms. The zero-order chi connectivity index (χ0) is 30.9. The van der Waals surface area contributed by atoms with Gasteiger partial charge in [0.05, 0.1) is 11.5 Å². The third-order valence-electron chi connectivity index (χ3n) is 7.63. The molecule has 0 bridgehead atoms. The molecular weight excluding hydrogens is 579 g/mol. The summed E-state index contributed by atoms with van der Waals surface area (Å²) in [5, 5.41) is 11.5. The van der Waals surface area contributed by atoms with Gasteiger partial charge in [0.2, 0.25) is 5.91 Å². The van der Waals surface area contributed by atoms with Crippen LogP contribution in [0.4, 0.5) is 0 Å². The van der Waals surface area contributed by atoms with E-state index in [0.29, 0.717) is 16.3 Å². The Kier molecular flexibility index (Phi) is 15.3. The average molecular weight is 628 g/mol. The number of hydrogen-bond donors (Lipinski definition) is 1.